The average molecular weight is 337 g/mol. The van der Waals surface area contributed by atoms with Crippen LogP contribution in [0.3, 0.4) is 0 Å². The maximum atomic E-state index is 12.6. The molecule has 24 heavy (non-hydrogen) atoms. The molecule has 0 aromatic rings. The van der Waals surface area contributed by atoms with E-state index in [-0.39, 0.29) is 24.5 Å². The van der Waals surface area contributed by atoms with Crippen LogP contribution >= 0.6 is 0 Å². The van der Waals surface area contributed by atoms with Gasteiger partial charge in [0.1, 0.15) is 11.7 Å². The fourth-order valence-corrected chi connectivity index (χ4v) is 2.53. The normalized spacial score (nSPS) is 18.7. The number of imide groups is 1. The Kier molecular flexibility index (Phi) is 6.22. The van der Waals surface area contributed by atoms with E-state index in [4.69, 9.17) is 4.74 Å². The highest BCUT2D eigenvalue weighted by Crippen LogP contribution is 2.25. The number of hydrogen-bond donors (Lipinski definition) is 0. The third kappa shape index (κ3) is 4.60. The molecule has 0 radical (unpaired) electrons. The van der Waals surface area contributed by atoms with Crippen LogP contribution in [0.25, 0.3) is 0 Å². The quantitative estimate of drug-likeness (QED) is 0.633. The van der Waals surface area contributed by atoms with Crippen LogP contribution in [0.2, 0.25) is 0 Å². The molecule has 0 aliphatic carbocycles. The van der Waals surface area contributed by atoms with Crippen molar-refractivity contribution in [3.8, 4) is 0 Å². The maximum Gasteiger partial charge on any atom is 0.253 e. The number of Topliss-reactive ketones (excluding diaryl/α,β-unsaturated/α-hetero) is 2. The molecule has 2 amide bonds. The number of hydrogen-bond acceptors (Lipinski definition) is 5. The van der Waals surface area contributed by atoms with E-state index in [1.54, 1.807) is 41.5 Å². The minimum Gasteiger partial charge on any atom is -0.357 e. The van der Waals surface area contributed by atoms with Crippen LogP contribution in [0.4, 0.5) is 0 Å². The van der Waals surface area contributed by atoms with E-state index in [1.807, 2.05) is 0 Å². The Morgan fingerprint density at radius 1 is 1.12 bits per heavy atom. The molecule has 6 nitrogen and oxygen atoms in total. The Morgan fingerprint density at radius 2 is 1.62 bits per heavy atom. The number of ether oxygens (including phenoxy) is 1. The smallest absolute Gasteiger partial charge is 0.253 e. The lowest BCUT2D eigenvalue weighted by Crippen LogP contribution is -2.46. The second-order valence-electron chi connectivity index (χ2n) is 7.29. The van der Waals surface area contributed by atoms with Gasteiger partial charge in [-0.1, -0.05) is 27.7 Å². The second kappa shape index (κ2) is 7.38. The van der Waals surface area contributed by atoms with Crippen LogP contribution in [0, 0.1) is 5.41 Å². The van der Waals surface area contributed by atoms with E-state index in [2.05, 4.69) is 0 Å². The summed E-state index contributed by atoms with van der Waals surface area (Å²) in [4.78, 5) is 48.9. The lowest BCUT2D eigenvalue weighted by molar-refractivity contribution is -0.160. The fraction of sp³-hybridized carbons (Fsp3) is 0.667. The van der Waals surface area contributed by atoms with Gasteiger partial charge < -0.3 is 4.74 Å². The summed E-state index contributed by atoms with van der Waals surface area (Å²) in [5, 5.41) is 0. The highest BCUT2D eigenvalue weighted by molar-refractivity contribution is 6.13. The Morgan fingerprint density at radius 3 is 2.04 bits per heavy atom. The van der Waals surface area contributed by atoms with Gasteiger partial charge in [0.25, 0.3) is 11.8 Å². The number of ketones is 2. The van der Waals surface area contributed by atoms with Gasteiger partial charge in [-0.05, 0) is 20.3 Å². The maximum absolute atomic E-state index is 12.6. The second-order valence-corrected chi connectivity index (χ2v) is 7.29. The molecule has 0 fully saturated rings. The molecule has 1 heterocycles. The van der Waals surface area contributed by atoms with Gasteiger partial charge in [0.2, 0.25) is 0 Å². The largest absolute Gasteiger partial charge is 0.357 e. The first-order valence-corrected chi connectivity index (χ1v) is 8.21. The first-order valence-electron chi connectivity index (χ1n) is 8.21. The highest BCUT2D eigenvalue weighted by atomic mass is 16.5. The molecule has 0 spiro atoms. The van der Waals surface area contributed by atoms with Gasteiger partial charge in [-0.15, -0.1) is 0 Å². The number of rotatable bonds is 8. The van der Waals surface area contributed by atoms with Crippen molar-refractivity contribution in [2.75, 3.05) is 6.54 Å². The highest BCUT2D eigenvalue weighted by Gasteiger charge is 2.38. The van der Waals surface area contributed by atoms with E-state index in [0.717, 1.165) is 4.90 Å². The number of amides is 2. The van der Waals surface area contributed by atoms with Crippen molar-refractivity contribution in [1.82, 2.24) is 4.90 Å². The molecule has 1 aliphatic heterocycles. The van der Waals surface area contributed by atoms with Crippen LogP contribution in [0.15, 0.2) is 12.2 Å². The summed E-state index contributed by atoms with van der Waals surface area (Å²) in [5.41, 5.74) is -1.68. The number of carbonyl (C=O) groups excluding carboxylic acids is 4. The van der Waals surface area contributed by atoms with Crippen LogP contribution < -0.4 is 0 Å². The summed E-state index contributed by atoms with van der Waals surface area (Å²) in [6.07, 6.45) is 2.06. The van der Waals surface area contributed by atoms with Crippen molar-refractivity contribution in [2.45, 2.75) is 66.1 Å². The van der Waals surface area contributed by atoms with Crippen LogP contribution in [-0.4, -0.2) is 46.5 Å². The van der Waals surface area contributed by atoms with E-state index in [1.165, 1.54) is 12.2 Å². The minimum absolute atomic E-state index is 0.0000711. The third-order valence-corrected chi connectivity index (χ3v) is 4.27. The van der Waals surface area contributed by atoms with Crippen molar-refractivity contribution < 1.29 is 23.9 Å². The summed E-state index contributed by atoms with van der Waals surface area (Å²) in [5.74, 6) is -1.14. The summed E-state index contributed by atoms with van der Waals surface area (Å²) >= 11 is 0. The molecule has 0 bridgehead atoms. The van der Waals surface area contributed by atoms with Gasteiger partial charge in [0, 0.05) is 30.5 Å². The van der Waals surface area contributed by atoms with Gasteiger partial charge >= 0.3 is 0 Å². The molecule has 2 atom stereocenters. The molecule has 6 heteroatoms. The van der Waals surface area contributed by atoms with Crippen LogP contribution in [0.1, 0.15) is 54.4 Å². The van der Waals surface area contributed by atoms with Crippen LogP contribution in [-0.2, 0) is 23.9 Å². The molecular weight excluding hydrogens is 310 g/mol. The standard InChI is InChI=1S/C18H27NO5/c1-7-18(6,24-12(2)16(23)17(3,4)5)13(20)10-11-19-14(21)8-9-15(19)22/h8-9,12H,7,10-11H2,1-6H3/t12?,18-/m1/s1. The molecule has 1 aliphatic rings. The lowest BCUT2D eigenvalue weighted by Gasteiger charge is -2.32. The molecule has 0 saturated heterocycles. The zero-order valence-corrected chi connectivity index (χ0v) is 15.3. The first kappa shape index (κ1) is 20.2. The Labute approximate surface area is 143 Å². The van der Waals surface area contributed by atoms with Gasteiger partial charge in [0.15, 0.2) is 11.6 Å². The van der Waals surface area contributed by atoms with Crippen molar-refractivity contribution in [1.29, 1.82) is 0 Å². The van der Waals surface area contributed by atoms with Crippen molar-refractivity contribution in [2.24, 2.45) is 5.41 Å². The molecule has 1 rings (SSSR count). The molecule has 134 valence electrons. The predicted molar refractivity (Wildman–Crippen MR) is 89.2 cm³/mol. The van der Waals surface area contributed by atoms with E-state index < -0.39 is 28.9 Å². The molecule has 1 unspecified atom stereocenters. The lowest BCUT2D eigenvalue weighted by atomic mass is 9.87. The molecular formula is C18H27NO5. The number of carbonyl (C=O) groups is 4. The Bertz CT molecular complexity index is 554. The molecule has 0 aromatic carbocycles. The van der Waals surface area contributed by atoms with Gasteiger partial charge in [-0.2, -0.15) is 0 Å². The molecule has 0 N–H and O–H groups in total. The van der Waals surface area contributed by atoms with Crippen LogP contribution in [0.5, 0.6) is 0 Å². The SMILES string of the molecule is CC[C@@](C)(OC(C)C(=O)C(C)(C)C)C(=O)CCN1C(=O)C=CC1=O. The Balaban J connectivity index is 2.72. The summed E-state index contributed by atoms with van der Waals surface area (Å²) in [6.45, 7) is 10.5. The summed E-state index contributed by atoms with van der Waals surface area (Å²) in [7, 11) is 0. The van der Waals surface area contributed by atoms with Gasteiger partial charge in [0.05, 0.1) is 0 Å². The molecule has 0 saturated carbocycles. The summed E-state index contributed by atoms with van der Waals surface area (Å²) in [6, 6.07) is 0. The van der Waals surface area contributed by atoms with Gasteiger partial charge in [-0.25, -0.2) is 0 Å². The predicted octanol–water partition coefficient (Wildman–Crippen LogP) is 2.06. The first-order chi connectivity index (χ1) is 10.9. The van der Waals surface area contributed by atoms with Crippen molar-refractivity contribution in [3.63, 3.8) is 0 Å². The van der Waals surface area contributed by atoms with E-state index in [9.17, 15) is 19.2 Å². The number of nitrogens with zero attached hydrogens (tertiary/aromatic N) is 1. The van der Waals surface area contributed by atoms with Crippen molar-refractivity contribution in [3.05, 3.63) is 12.2 Å². The zero-order valence-electron chi connectivity index (χ0n) is 15.3. The van der Waals surface area contributed by atoms with E-state index >= 15 is 0 Å². The third-order valence-electron chi connectivity index (χ3n) is 4.27. The van der Waals surface area contributed by atoms with E-state index in [0.29, 0.717) is 6.42 Å². The molecule has 0 aromatic heterocycles. The zero-order chi connectivity index (χ0) is 18.7. The van der Waals surface area contributed by atoms with Crippen molar-refractivity contribution >= 4 is 23.4 Å². The Hall–Kier alpha value is -1.82. The van der Waals surface area contributed by atoms with Gasteiger partial charge in [-0.3, -0.25) is 24.1 Å². The topological polar surface area (TPSA) is 80.8 Å². The average Bonchev–Trinajstić information content (AvgIpc) is 2.81. The fourth-order valence-electron chi connectivity index (χ4n) is 2.53. The minimum atomic E-state index is -1.13. The summed E-state index contributed by atoms with van der Waals surface area (Å²) < 4.78 is 5.80. The monoisotopic (exact) mass is 337 g/mol.